The Balaban J connectivity index is 2.79. The average Bonchev–Trinajstić information content (AvgIpc) is 2.11. The number of anilines is 1. The van der Waals surface area contributed by atoms with Gasteiger partial charge in [-0.25, -0.2) is 0 Å². The van der Waals surface area contributed by atoms with Crippen molar-refractivity contribution < 1.29 is 0 Å². The maximum absolute atomic E-state index is 5.30. The van der Waals surface area contributed by atoms with Crippen LogP contribution in [-0.4, -0.2) is 4.32 Å². The van der Waals surface area contributed by atoms with Gasteiger partial charge in [-0.3, -0.25) is 5.14 Å². The highest BCUT2D eigenvalue weighted by Crippen LogP contribution is 2.15. The van der Waals surface area contributed by atoms with Gasteiger partial charge < -0.3 is 5.32 Å². The van der Waals surface area contributed by atoms with Crippen molar-refractivity contribution in [1.29, 1.82) is 0 Å². The van der Waals surface area contributed by atoms with Crippen LogP contribution in [0.4, 0.5) is 5.69 Å². The van der Waals surface area contributed by atoms with E-state index in [2.05, 4.69) is 31.3 Å². The molecule has 70 valence electrons. The summed E-state index contributed by atoms with van der Waals surface area (Å²) in [7, 11) is 0. The van der Waals surface area contributed by atoms with Crippen LogP contribution in [0.15, 0.2) is 18.2 Å². The summed E-state index contributed by atoms with van der Waals surface area (Å²) in [6.45, 7) is 4.15. The van der Waals surface area contributed by atoms with Gasteiger partial charge in [0.2, 0.25) is 0 Å². The van der Waals surface area contributed by atoms with E-state index in [9.17, 15) is 0 Å². The molecule has 13 heavy (non-hydrogen) atoms. The first kappa shape index (κ1) is 10.5. The van der Waals surface area contributed by atoms with E-state index in [0.29, 0.717) is 4.32 Å². The van der Waals surface area contributed by atoms with Gasteiger partial charge in [-0.2, -0.15) is 0 Å². The van der Waals surface area contributed by atoms with Crippen LogP contribution >= 0.6 is 24.2 Å². The molecule has 1 aromatic rings. The molecule has 0 unspecified atom stereocenters. The fourth-order valence-electron chi connectivity index (χ4n) is 0.966. The molecule has 4 heteroatoms. The maximum Gasteiger partial charge on any atom is 0.153 e. The molecule has 0 aliphatic heterocycles. The maximum atomic E-state index is 5.30. The molecule has 0 radical (unpaired) electrons. The lowest BCUT2D eigenvalue weighted by atomic mass is 10.1. The van der Waals surface area contributed by atoms with E-state index in [1.165, 1.54) is 11.1 Å². The summed E-state index contributed by atoms with van der Waals surface area (Å²) in [5.74, 6) is 0. The normalized spacial score (nSPS) is 9.77. The van der Waals surface area contributed by atoms with Crippen LogP contribution in [0, 0.1) is 13.8 Å². The number of benzene rings is 1. The number of nitrogens with two attached hydrogens (primary N) is 1. The lowest BCUT2D eigenvalue weighted by molar-refractivity contribution is 1.34. The summed E-state index contributed by atoms with van der Waals surface area (Å²) in [6, 6.07) is 6.10. The van der Waals surface area contributed by atoms with Crippen molar-refractivity contribution in [2.45, 2.75) is 13.8 Å². The number of aryl methyl sites for hydroxylation is 2. The Morgan fingerprint density at radius 1 is 1.38 bits per heavy atom. The zero-order valence-electron chi connectivity index (χ0n) is 7.63. The van der Waals surface area contributed by atoms with Crippen LogP contribution in [0.25, 0.3) is 0 Å². The SMILES string of the molecule is Cc1ccc(NC(=S)SN)cc1C. The third-order valence-electron chi connectivity index (χ3n) is 1.86. The van der Waals surface area contributed by atoms with E-state index in [1.54, 1.807) is 0 Å². The van der Waals surface area contributed by atoms with E-state index in [0.717, 1.165) is 17.6 Å². The van der Waals surface area contributed by atoms with Gasteiger partial charge in [0.05, 0.1) is 0 Å². The smallest absolute Gasteiger partial charge is 0.153 e. The molecule has 0 bridgehead atoms. The number of hydrogen-bond acceptors (Lipinski definition) is 3. The molecule has 0 saturated carbocycles. The van der Waals surface area contributed by atoms with Gasteiger partial charge in [0.1, 0.15) is 0 Å². The van der Waals surface area contributed by atoms with Crippen molar-refractivity contribution in [3.8, 4) is 0 Å². The third kappa shape index (κ3) is 2.99. The molecule has 1 aromatic carbocycles. The van der Waals surface area contributed by atoms with Crippen molar-refractivity contribution in [3.05, 3.63) is 29.3 Å². The van der Waals surface area contributed by atoms with Crippen molar-refractivity contribution in [3.63, 3.8) is 0 Å². The monoisotopic (exact) mass is 212 g/mol. The van der Waals surface area contributed by atoms with Gasteiger partial charge in [0.25, 0.3) is 0 Å². The lowest BCUT2D eigenvalue weighted by Gasteiger charge is -2.07. The highest BCUT2D eigenvalue weighted by Gasteiger charge is 1.97. The zero-order valence-corrected chi connectivity index (χ0v) is 9.26. The molecule has 0 fully saturated rings. The van der Waals surface area contributed by atoms with Crippen molar-refractivity contribution in [2.24, 2.45) is 5.14 Å². The highest BCUT2D eigenvalue weighted by atomic mass is 32.2. The zero-order chi connectivity index (χ0) is 9.84. The fourth-order valence-corrected chi connectivity index (χ4v) is 1.26. The van der Waals surface area contributed by atoms with E-state index in [-0.39, 0.29) is 0 Å². The van der Waals surface area contributed by atoms with Crippen LogP contribution in [0.5, 0.6) is 0 Å². The molecule has 0 aliphatic rings. The van der Waals surface area contributed by atoms with Crippen LogP contribution in [0.2, 0.25) is 0 Å². The Labute approximate surface area is 88.0 Å². The first-order chi connectivity index (χ1) is 6.13. The Hall–Kier alpha value is -0.580. The molecule has 0 saturated heterocycles. The minimum atomic E-state index is 0.586. The van der Waals surface area contributed by atoms with Crippen LogP contribution in [0.1, 0.15) is 11.1 Å². The number of nitrogens with one attached hydrogen (secondary N) is 1. The second kappa shape index (κ2) is 4.60. The minimum Gasteiger partial charge on any atom is -0.340 e. The van der Waals surface area contributed by atoms with Crippen molar-refractivity contribution in [1.82, 2.24) is 0 Å². The van der Waals surface area contributed by atoms with Gasteiger partial charge in [0, 0.05) is 5.69 Å². The Bertz CT molecular complexity index is 323. The predicted molar refractivity (Wildman–Crippen MR) is 63.9 cm³/mol. The summed E-state index contributed by atoms with van der Waals surface area (Å²) in [4.78, 5) is 0. The quantitative estimate of drug-likeness (QED) is 0.554. The van der Waals surface area contributed by atoms with Crippen LogP contribution < -0.4 is 10.5 Å². The van der Waals surface area contributed by atoms with Gasteiger partial charge >= 0.3 is 0 Å². The number of hydrogen-bond donors (Lipinski definition) is 2. The van der Waals surface area contributed by atoms with Crippen LogP contribution in [0.3, 0.4) is 0 Å². The summed E-state index contributed by atoms with van der Waals surface area (Å²) >= 11 is 5.99. The second-order valence-corrected chi connectivity index (χ2v) is 4.14. The summed E-state index contributed by atoms with van der Waals surface area (Å²) in [5.41, 5.74) is 3.51. The Morgan fingerprint density at radius 3 is 2.62 bits per heavy atom. The Morgan fingerprint density at radius 2 is 2.08 bits per heavy atom. The predicted octanol–water partition coefficient (Wildman–Crippen LogP) is 2.61. The minimum absolute atomic E-state index is 0.586. The molecule has 0 atom stereocenters. The average molecular weight is 212 g/mol. The second-order valence-electron chi connectivity index (χ2n) is 2.83. The Kier molecular flexibility index (Phi) is 3.71. The van der Waals surface area contributed by atoms with Crippen molar-refractivity contribution in [2.75, 3.05) is 5.32 Å². The first-order valence-electron chi connectivity index (χ1n) is 3.88. The van der Waals surface area contributed by atoms with Gasteiger partial charge in [-0.15, -0.1) is 0 Å². The summed E-state index contributed by atoms with van der Waals surface area (Å²) in [5, 5.41) is 8.33. The summed E-state index contributed by atoms with van der Waals surface area (Å²) < 4.78 is 0.586. The first-order valence-corrected chi connectivity index (χ1v) is 5.17. The molecule has 0 aliphatic carbocycles. The molecular weight excluding hydrogens is 200 g/mol. The topological polar surface area (TPSA) is 38.0 Å². The fraction of sp³-hybridized carbons (Fsp3) is 0.222. The van der Waals surface area contributed by atoms with Gasteiger partial charge in [-0.1, -0.05) is 18.3 Å². The van der Waals surface area contributed by atoms with Gasteiger partial charge in [-0.05, 0) is 49.1 Å². The molecule has 1 rings (SSSR count). The highest BCUT2D eigenvalue weighted by molar-refractivity contribution is 8.21. The van der Waals surface area contributed by atoms with E-state index in [1.807, 2.05) is 6.07 Å². The molecule has 0 aromatic heterocycles. The van der Waals surface area contributed by atoms with E-state index >= 15 is 0 Å². The largest absolute Gasteiger partial charge is 0.340 e. The van der Waals surface area contributed by atoms with Crippen molar-refractivity contribution >= 4 is 34.2 Å². The lowest BCUT2D eigenvalue weighted by Crippen LogP contribution is -2.06. The number of thiocarbonyl (C=S) groups is 1. The molecule has 2 nitrogen and oxygen atoms in total. The molecule has 0 amide bonds. The summed E-state index contributed by atoms with van der Waals surface area (Å²) in [6.07, 6.45) is 0. The molecule has 3 N–H and O–H groups in total. The van der Waals surface area contributed by atoms with E-state index < -0.39 is 0 Å². The van der Waals surface area contributed by atoms with Crippen LogP contribution in [-0.2, 0) is 0 Å². The number of rotatable bonds is 1. The van der Waals surface area contributed by atoms with Gasteiger partial charge in [0.15, 0.2) is 4.32 Å². The molecule has 0 spiro atoms. The van der Waals surface area contributed by atoms with E-state index in [4.69, 9.17) is 17.4 Å². The third-order valence-corrected chi connectivity index (χ3v) is 2.57. The standard InChI is InChI=1S/C9H12N2S2/c1-6-3-4-8(5-7(6)2)11-9(12)13-10/h3-5H,10H2,1-2H3,(H,11,12). The molecular formula is C9H12N2S2. The molecule has 0 heterocycles.